The number of hydrogen-bond acceptors (Lipinski definition) is 4. The summed E-state index contributed by atoms with van der Waals surface area (Å²) in [6.45, 7) is 3.33. The molecule has 0 fully saturated rings. The van der Waals surface area contributed by atoms with Crippen molar-refractivity contribution in [1.82, 2.24) is 10.6 Å². The molecule has 4 N–H and O–H groups in total. The van der Waals surface area contributed by atoms with Crippen molar-refractivity contribution >= 4 is 29.4 Å². The highest BCUT2D eigenvalue weighted by Crippen LogP contribution is 2.29. The Balaban J connectivity index is 1.62. The summed E-state index contributed by atoms with van der Waals surface area (Å²) in [7, 11) is 0. The van der Waals surface area contributed by atoms with E-state index >= 15 is 0 Å². The largest absolute Gasteiger partial charge is 0.507 e. The summed E-state index contributed by atoms with van der Waals surface area (Å²) < 4.78 is 13.7. The number of halogens is 2. The standard InChI is InChI=1S/C33H30ClFN2O5/c1-19(2)30(33(41)42)37-32(40)28(16-20-8-10-22(11-9-20)21-6-4-3-5-7-21)36-31(39)25-17-23(13-15-29(25)38)24-12-14-27(35)26(34)18-24/h3-15,17-19,28,30,38H,16H2,1-2H3,(H,36,39)(H,37,40)(H,41,42)/t28-,30-/m0/s1. The van der Waals surface area contributed by atoms with Crippen molar-refractivity contribution in [3.05, 3.63) is 113 Å². The van der Waals surface area contributed by atoms with E-state index < -0.39 is 41.6 Å². The Hall–Kier alpha value is -4.69. The van der Waals surface area contributed by atoms with Gasteiger partial charge in [0.05, 0.1) is 10.6 Å². The van der Waals surface area contributed by atoms with E-state index in [0.29, 0.717) is 11.1 Å². The van der Waals surface area contributed by atoms with Crippen LogP contribution in [-0.2, 0) is 16.0 Å². The Bertz CT molecular complexity index is 1590. The van der Waals surface area contributed by atoms with Crippen LogP contribution >= 0.6 is 11.6 Å². The third-order valence-corrected chi connectivity index (χ3v) is 7.14. The number of aromatic hydroxyl groups is 1. The van der Waals surface area contributed by atoms with Crippen molar-refractivity contribution in [2.24, 2.45) is 5.92 Å². The maximum absolute atomic E-state index is 13.7. The van der Waals surface area contributed by atoms with Gasteiger partial charge in [0.25, 0.3) is 5.91 Å². The highest BCUT2D eigenvalue weighted by Gasteiger charge is 2.29. The predicted molar refractivity (Wildman–Crippen MR) is 160 cm³/mol. The number of carboxylic acid groups (broad SMARTS) is 1. The van der Waals surface area contributed by atoms with Crippen molar-refractivity contribution in [2.75, 3.05) is 0 Å². The van der Waals surface area contributed by atoms with Gasteiger partial charge in [-0.1, -0.05) is 92.2 Å². The molecule has 0 bridgehead atoms. The molecular formula is C33H30ClFN2O5. The topological polar surface area (TPSA) is 116 Å². The molecule has 2 amide bonds. The van der Waals surface area contributed by atoms with Crippen molar-refractivity contribution < 1.29 is 29.0 Å². The van der Waals surface area contributed by atoms with E-state index in [1.54, 1.807) is 19.9 Å². The maximum atomic E-state index is 13.7. The zero-order chi connectivity index (χ0) is 30.4. The molecule has 4 rings (SSSR count). The van der Waals surface area contributed by atoms with Crippen molar-refractivity contribution in [3.63, 3.8) is 0 Å². The van der Waals surface area contributed by atoms with E-state index in [9.17, 15) is 29.0 Å². The number of aliphatic carboxylic acids is 1. The highest BCUT2D eigenvalue weighted by molar-refractivity contribution is 6.31. The average molecular weight is 589 g/mol. The summed E-state index contributed by atoms with van der Waals surface area (Å²) in [5.74, 6) is -3.96. The Labute approximate surface area is 248 Å². The maximum Gasteiger partial charge on any atom is 0.326 e. The Kier molecular flexibility index (Phi) is 9.60. The molecule has 4 aromatic rings. The number of carboxylic acids is 1. The second-order valence-electron chi connectivity index (χ2n) is 10.2. The van der Waals surface area contributed by atoms with Crippen LogP contribution in [0.15, 0.2) is 91.0 Å². The van der Waals surface area contributed by atoms with Crippen LogP contribution < -0.4 is 10.6 Å². The fourth-order valence-electron chi connectivity index (χ4n) is 4.49. The Morgan fingerprint density at radius 3 is 2.02 bits per heavy atom. The minimum Gasteiger partial charge on any atom is -0.507 e. The number of amides is 2. The van der Waals surface area contributed by atoms with Crippen LogP contribution in [0.4, 0.5) is 4.39 Å². The predicted octanol–water partition coefficient (Wildman–Crippen LogP) is 6.09. The number of benzene rings is 4. The molecule has 0 aromatic heterocycles. The van der Waals surface area contributed by atoms with Crippen molar-refractivity contribution in [1.29, 1.82) is 0 Å². The summed E-state index contributed by atoms with van der Waals surface area (Å²) in [5, 5.41) is 25.2. The third-order valence-electron chi connectivity index (χ3n) is 6.85. The molecule has 0 aliphatic rings. The van der Waals surface area contributed by atoms with Crippen LogP contribution in [0.3, 0.4) is 0 Å². The first-order valence-corrected chi connectivity index (χ1v) is 13.7. The molecular weight excluding hydrogens is 559 g/mol. The van der Waals surface area contributed by atoms with Gasteiger partial charge in [-0.25, -0.2) is 9.18 Å². The minimum absolute atomic E-state index is 0.0606. The van der Waals surface area contributed by atoms with Crippen molar-refractivity contribution in [3.8, 4) is 28.0 Å². The summed E-state index contributed by atoms with van der Waals surface area (Å²) in [6, 6.07) is 23.2. The molecule has 0 unspecified atom stereocenters. The number of phenols is 1. The second-order valence-corrected chi connectivity index (χ2v) is 10.6. The van der Waals surface area contributed by atoms with E-state index in [1.807, 2.05) is 54.6 Å². The molecule has 7 nitrogen and oxygen atoms in total. The monoisotopic (exact) mass is 588 g/mol. The molecule has 4 aromatic carbocycles. The van der Waals surface area contributed by atoms with Gasteiger partial charge in [0.2, 0.25) is 5.91 Å². The zero-order valence-electron chi connectivity index (χ0n) is 23.0. The van der Waals surface area contributed by atoms with Crippen LogP contribution in [0.1, 0.15) is 29.8 Å². The molecule has 42 heavy (non-hydrogen) atoms. The van der Waals surface area contributed by atoms with Gasteiger partial charge in [0.1, 0.15) is 23.7 Å². The van der Waals surface area contributed by atoms with Crippen LogP contribution in [0, 0.1) is 11.7 Å². The zero-order valence-corrected chi connectivity index (χ0v) is 23.7. The van der Waals surface area contributed by atoms with E-state index in [-0.39, 0.29) is 22.8 Å². The number of nitrogens with one attached hydrogen (secondary N) is 2. The third kappa shape index (κ3) is 7.33. The summed E-state index contributed by atoms with van der Waals surface area (Å²) in [6.07, 6.45) is 0.0606. The molecule has 0 saturated heterocycles. The average Bonchev–Trinajstić information content (AvgIpc) is 2.97. The van der Waals surface area contributed by atoms with Gasteiger partial charge in [-0.15, -0.1) is 0 Å². The Morgan fingerprint density at radius 2 is 1.40 bits per heavy atom. The number of phenolic OH excluding ortho intramolecular Hbond substituents is 1. The van der Waals surface area contributed by atoms with Crippen LogP contribution in [-0.4, -0.2) is 40.1 Å². The van der Waals surface area contributed by atoms with Gasteiger partial charge < -0.3 is 20.8 Å². The second kappa shape index (κ2) is 13.3. The van der Waals surface area contributed by atoms with Gasteiger partial charge in [-0.3, -0.25) is 9.59 Å². The molecule has 0 heterocycles. The normalized spacial score (nSPS) is 12.4. The first kappa shape index (κ1) is 30.3. The molecule has 2 atom stereocenters. The van der Waals surface area contributed by atoms with Crippen molar-refractivity contribution in [2.45, 2.75) is 32.4 Å². The molecule has 0 aliphatic carbocycles. The van der Waals surface area contributed by atoms with Crippen LogP contribution in [0.5, 0.6) is 5.75 Å². The van der Waals surface area contributed by atoms with Gasteiger partial charge in [-0.2, -0.15) is 0 Å². The number of hydrogen-bond donors (Lipinski definition) is 4. The summed E-state index contributed by atoms with van der Waals surface area (Å²) in [5.41, 5.74) is 3.60. The van der Waals surface area contributed by atoms with E-state index in [2.05, 4.69) is 10.6 Å². The van der Waals surface area contributed by atoms with Gasteiger partial charge in [-0.05, 0) is 58.0 Å². The van der Waals surface area contributed by atoms with Crippen LogP contribution in [0.2, 0.25) is 5.02 Å². The summed E-state index contributed by atoms with van der Waals surface area (Å²) >= 11 is 5.92. The quantitative estimate of drug-likeness (QED) is 0.179. The molecule has 0 aliphatic heterocycles. The lowest BCUT2D eigenvalue weighted by Gasteiger charge is -2.23. The minimum atomic E-state index is -1.20. The lowest BCUT2D eigenvalue weighted by molar-refractivity contribution is -0.143. The van der Waals surface area contributed by atoms with Gasteiger partial charge in [0, 0.05) is 6.42 Å². The SMILES string of the molecule is CC(C)[C@H](NC(=O)[C@H](Cc1ccc(-c2ccccc2)cc1)NC(=O)c1cc(-c2ccc(F)c(Cl)c2)ccc1O)C(=O)O. The van der Waals surface area contributed by atoms with E-state index in [4.69, 9.17) is 11.6 Å². The first-order valence-electron chi connectivity index (χ1n) is 13.3. The van der Waals surface area contributed by atoms with Gasteiger partial charge in [0.15, 0.2) is 0 Å². The first-order chi connectivity index (χ1) is 20.0. The highest BCUT2D eigenvalue weighted by atomic mass is 35.5. The van der Waals surface area contributed by atoms with Crippen LogP contribution in [0.25, 0.3) is 22.3 Å². The van der Waals surface area contributed by atoms with E-state index in [1.165, 1.54) is 30.3 Å². The lowest BCUT2D eigenvalue weighted by atomic mass is 9.98. The summed E-state index contributed by atoms with van der Waals surface area (Å²) in [4.78, 5) is 38.5. The molecule has 9 heteroatoms. The van der Waals surface area contributed by atoms with Gasteiger partial charge >= 0.3 is 5.97 Å². The number of carbonyl (C=O) groups is 3. The number of carbonyl (C=O) groups excluding carboxylic acids is 2. The molecule has 216 valence electrons. The molecule has 0 radical (unpaired) electrons. The molecule has 0 saturated carbocycles. The fraction of sp³-hybridized carbons (Fsp3) is 0.182. The lowest BCUT2D eigenvalue weighted by Crippen LogP contribution is -2.53. The molecule has 0 spiro atoms. The Morgan fingerprint density at radius 1 is 0.810 bits per heavy atom. The fourth-order valence-corrected chi connectivity index (χ4v) is 4.67. The smallest absolute Gasteiger partial charge is 0.326 e. The van der Waals surface area contributed by atoms with E-state index in [0.717, 1.165) is 16.7 Å². The number of rotatable bonds is 10.